The molecule has 3 unspecified atom stereocenters. The smallest absolute Gasteiger partial charge is 0.193 e. The highest BCUT2D eigenvalue weighted by Gasteiger charge is 2.32. The van der Waals surface area contributed by atoms with Gasteiger partial charge in [0.2, 0.25) is 0 Å². The number of aliphatic imine (C=N–C) groups is 1. The van der Waals surface area contributed by atoms with Crippen LogP contribution in [0.15, 0.2) is 4.99 Å². The van der Waals surface area contributed by atoms with Crippen LogP contribution in [0.5, 0.6) is 0 Å². The van der Waals surface area contributed by atoms with E-state index in [1.54, 1.807) is 0 Å². The molecule has 0 bridgehead atoms. The van der Waals surface area contributed by atoms with E-state index < -0.39 is 0 Å². The minimum absolute atomic E-state index is 0.610. The number of hydrogen-bond donors (Lipinski definition) is 1. The quantitative estimate of drug-likeness (QED) is 0.623. The Labute approximate surface area is 131 Å². The average Bonchev–Trinajstić information content (AvgIpc) is 3.20. The number of nitrogens with zero attached hydrogens (tertiary/aromatic N) is 3. The maximum Gasteiger partial charge on any atom is 0.193 e. The Hall–Kier alpha value is -0.770. The Morgan fingerprint density at radius 1 is 1.24 bits per heavy atom. The monoisotopic (exact) mass is 294 g/mol. The van der Waals surface area contributed by atoms with E-state index in [0.717, 1.165) is 49.9 Å². The van der Waals surface area contributed by atoms with Gasteiger partial charge >= 0.3 is 0 Å². The van der Waals surface area contributed by atoms with Gasteiger partial charge in [-0.1, -0.05) is 13.8 Å². The normalized spacial score (nSPS) is 28.9. The van der Waals surface area contributed by atoms with E-state index in [-0.39, 0.29) is 0 Å². The Kier molecular flexibility index (Phi) is 5.91. The molecule has 3 atom stereocenters. The van der Waals surface area contributed by atoms with Gasteiger partial charge in [0.1, 0.15) is 0 Å². The third-order valence-electron chi connectivity index (χ3n) is 4.76. The van der Waals surface area contributed by atoms with Crippen LogP contribution in [0.1, 0.15) is 40.0 Å². The van der Waals surface area contributed by atoms with Crippen molar-refractivity contribution >= 4 is 5.96 Å². The number of likely N-dealkylation sites (N-methyl/N-ethyl adjacent to an activating group) is 1. The van der Waals surface area contributed by atoms with Gasteiger partial charge in [0.25, 0.3) is 0 Å². The van der Waals surface area contributed by atoms with Crippen molar-refractivity contribution in [3.05, 3.63) is 0 Å². The minimum atomic E-state index is 0.610. The summed E-state index contributed by atoms with van der Waals surface area (Å²) < 4.78 is 0. The van der Waals surface area contributed by atoms with Crippen LogP contribution in [0.25, 0.3) is 0 Å². The second kappa shape index (κ2) is 7.48. The molecule has 0 aromatic carbocycles. The van der Waals surface area contributed by atoms with Crippen LogP contribution in [0.3, 0.4) is 0 Å². The number of rotatable bonds is 5. The van der Waals surface area contributed by atoms with E-state index in [4.69, 9.17) is 4.99 Å². The maximum atomic E-state index is 4.98. The number of likely N-dealkylation sites (tertiary alicyclic amines) is 1. The van der Waals surface area contributed by atoms with Crippen LogP contribution in [0, 0.1) is 17.8 Å². The molecule has 0 spiro atoms. The first-order chi connectivity index (χ1) is 10.0. The van der Waals surface area contributed by atoms with Crippen molar-refractivity contribution in [3.8, 4) is 0 Å². The highest BCUT2D eigenvalue weighted by Crippen LogP contribution is 2.34. The van der Waals surface area contributed by atoms with Gasteiger partial charge in [0.05, 0.1) is 6.54 Å². The molecule has 0 aromatic heterocycles. The van der Waals surface area contributed by atoms with Crippen molar-refractivity contribution in [3.63, 3.8) is 0 Å². The Bertz CT molecular complexity index is 337. The molecule has 1 heterocycles. The summed E-state index contributed by atoms with van der Waals surface area (Å²) in [6, 6.07) is 0.610. The Morgan fingerprint density at radius 3 is 2.33 bits per heavy atom. The lowest BCUT2D eigenvalue weighted by atomic mass is 9.92. The molecule has 122 valence electrons. The molecule has 21 heavy (non-hydrogen) atoms. The Morgan fingerprint density at radius 2 is 1.86 bits per heavy atom. The SMILES string of the molecule is CCNC(=NCC(C1CC1)N(C)C)N1CC(C)CC(C)C1. The van der Waals surface area contributed by atoms with E-state index in [9.17, 15) is 0 Å². The maximum absolute atomic E-state index is 4.98. The van der Waals surface area contributed by atoms with E-state index >= 15 is 0 Å². The van der Waals surface area contributed by atoms with Crippen molar-refractivity contribution in [1.82, 2.24) is 15.1 Å². The zero-order valence-electron chi connectivity index (χ0n) is 14.6. The molecular formula is C17H34N4. The molecular weight excluding hydrogens is 260 g/mol. The van der Waals surface area contributed by atoms with Gasteiger partial charge < -0.3 is 15.1 Å². The van der Waals surface area contributed by atoms with Crippen LogP contribution in [-0.2, 0) is 0 Å². The third-order valence-corrected chi connectivity index (χ3v) is 4.76. The van der Waals surface area contributed by atoms with Gasteiger partial charge in [-0.2, -0.15) is 0 Å². The summed E-state index contributed by atoms with van der Waals surface area (Å²) in [5, 5.41) is 3.50. The molecule has 0 radical (unpaired) electrons. The van der Waals surface area contributed by atoms with Crippen molar-refractivity contribution < 1.29 is 0 Å². The van der Waals surface area contributed by atoms with Gasteiger partial charge in [0.15, 0.2) is 5.96 Å². The summed E-state index contributed by atoms with van der Waals surface area (Å²) in [5.41, 5.74) is 0. The topological polar surface area (TPSA) is 30.9 Å². The van der Waals surface area contributed by atoms with Crippen molar-refractivity contribution in [2.24, 2.45) is 22.7 Å². The molecule has 1 aliphatic carbocycles. The molecule has 1 saturated heterocycles. The predicted molar refractivity (Wildman–Crippen MR) is 90.7 cm³/mol. The van der Waals surface area contributed by atoms with Crippen molar-refractivity contribution in [2.75, 3.05) is 40.3 Å². The first-order valence-electron chi connectivity index (χ1n) is 8.70. The van der Waals surface area contributed by atoms with E-state index in [2.05, 4.69) is 50.0 Å². The van der Waals surface area contributed by atoms with E-state index in [1.807, 2.05) is 0 Å². The van der Waals surface area contributed by atoms with Crippen LogP contribution >= 0.6 is 0 Å². The largest absolute Gasteiger partial charge is 0.357 e. The minimum Gasteiger partial charge on any atom is -0.357 e. The van der Waals surface area contributed by atoms with Crippen molar-refractivity contribution in [2.45, 2.75) is 46.1 Å². The summed E-state index contributed by atoms with van der Waals surface area (Å²) in [5.74, 6) is 3.53. The summed E-state index contributed by atoms with van der Waals surface area (Å²) in [6.45, 7) is 11.1. The number of guanidine groups is 1. The summed E-state index contributed by atoms with van der Waals surface area (Å²) >= 11 is 0. The van der Waals surface area contributed by atoms with Crippen LogP contribution in [0.4, 0.5) is 0 Å². The Balaban J connectivity index is 2.00. The average molecular weight is 294 g/mol. The van der Waals surface area contributed by atoms with Crippen molar-refractivity contribution in [1.29, 1.82) is 0 Å². The number of hydrogen-bond acceptors (Lipinski definition) is 2. The fraction of sp³-hybridized carbons (Fsp3) is 0.941. The first-order valence-corrected chi connectivity index (χ1v) is 8.70. The van der Waals surface area contributed by atoms with Gasteiger partial charge in [0, 0.05) is 25.7 Å². The lowest BCUT2D eigenvalue weighted by Crippen LogP contribution is -2.49. The van der Waals surface area contributed by atoms with Gasteiger partial charge in [-0.15, -0.1) is 0 Å². The molecule has 2 aliphatic rings. The van der Waals surface area contributed by atoms with E-state index in [0.29, 0.717) is 6.04 Å². The molecule has 4 nitrogen and oxygen atoms in total. The van der Waals surface area contributed by atoms with Gasteiger partial charge in [-0.05, 0) is 58.0 Å². The summed E-state index contributed by atoms with van der Waals surface area (Å²) in [7, 11) is 4.38. The highest BCUT2D eigenvalue weighted by atomic mass is 15.3. The zero-order chi connectivity index (χ0) is 15.4. The van der Waals surface area contributed by atoms with Gasteiger partial charge in [-0.25, -0.2) is 0 Å². The van der Waals surface area contributed by atoms with E-state index in [1.165, 1.54) is 19.3 Å². The summed E-state index contributed by atoms with van der Waals surface area (Å²) in [6.07, 6.45) is 4.11. The molecule has 1 N–H and O–H groups in total. The lowest BCUT2D eigenvalue weighted by Gasteiger charge is -2.37. The predicted octanol–water partition coefficient (Wildman–Crippen LogP) is 2.27. The molecule has 0 aromatic rings. The van der Waals surface area contributed by atoms with Crippen LogP contribution < -0.4 is 5.32 Å². The molecule has 2 fully saturated rings. The third kappa shape index (κ3) is 4.87. The fourth-order valence-electron chi connectivity index (χ4n) is 3.66. The first kappa shape index (κ1) is 16.6. The molecule has 2 rings (SSSR count). The second-order valence-electron chi connectivity index (χ2n) is 7.41. The number of nitrogens with one attached hydrogen (secondary N) is 1. The molecule has 1 saturated carbocycles. The zero-order valence-corrected chi connectivity index (χ0v) is 14.6. The van der Waals surface area contributed by atoms with Gasteiger partial charge in [-0.3, -0.25) is 4.99 Å². The number of piperidine rings is 1. The van der Waals surface area contributed by atoms with Crippen LogP contribution in [0.2, 0.25) is 0 Å². The standard InChI is InChI=1S/C17H34N4/c1-6-18-17(21-11-13(2)9-14(3)12-21)19-10-16(20(4)5)15-7-8-15/h13-16H,6-12H2,1-5H3,(H,18,19). The molecule has 1 aliphatic heterocycles. The lowest BCUT2D eigenvalue weighted by molar-refractivity contribution is 0.207. The summed E-state index contributed by atoms with van der Waals surface area (Å²) in [4.78, 5) is 9.81. The molecule has 0 amide bonds. The second-order valence-corrected chi connectivity index (χ2v) is 7.41. The highest BCUT2D eigenvalue weighted by molar-refractivity contribution is 5.80. The van der Waals surface area contributed by atoms with Crippen LogP contribution in [-0.4, -0.2) is 62.1 Å². The fourth-order valence-corrected chi connectivity index (χ4v) is 3.66. The molecule has 4 heteroatoms.